The molecule has 1 aromatic heterocycles. The first kappa shape index (κ1) is 23.2. The number of amides is 1. The Labute approximate surface area is 207 Å². The molecule has 0 saturated heterocycles. The van der Waals surface area contributed by atoms with Crippen LogP contribution in [0.25, 0.3) is 0 Å². The Morgan fingerprint density at radius 1 is 1.15 bits per heavy atom. The second kappa shape index (κ2) is 10.3. The van der Waals surface area contributed by atoms with Crippen LogP contribution in [-0.4, -0.2) is 5.91 Å². The van der Waals surface area contributed by atoms with Crippen molar-refractivity contribution in [2.75, 3.05) is 5.32 Å². The SMILES string of the molecule is CC1=C(C(=O)Nc2ccccc2C)[C@H](c2cccs2)C(C#N)=C(SCc2ccc(Cl)cc2)N1. The number of halogens is 1. The number of rotatable bonds is 6. The molecule has 0 aliphatic carbocycles. The van der Waals surface area contributed by atoms with E-state index in [1.54, 1.807) is 23.1 Å². The van der Waals surface area contributed by atoms with E-state index in [0.29, 0.717) is 21.9 Å². The molecule has 166 valence electrons. The maximum atomic E-state index is 13.5. The van der Waals surface area contributed by atoms with Crippen LogP contribution in [0.2, 0.25) is 5.02 Å². The highest BCUT2D eigenvalue weighted by atomic mass is 35.5. The Bertz CT molecular complexity index is 1270. The lowest BCUT2D eigenvalue weighted by Crippen LogP contribution is -2.30. The molecule has 2 N–H and O–H groups in total. The lowest BCUT2D eigenvalue weighted by Gasteiger charge is -2.29. The molecule has 0 spiro atoms. The number of para-hydroxylation sites is 1. The van der Waals surface area contributed by atoms with E-state index in [4.69, 9.17) is 11.6 Å². The Kier molecular flexibility index (Phi) is 7.24. The highest BCUT2D eigenvalue weighted by Gasteiger charge is 2.35. The van der Waals surface area contributed by atoms with Gasteiger partial charge in [0.05, 0.1) is 22.6 Å². The minimum absolute atomic E-state index is 0.206. The molecule has 1 aliphatic heterocycles. The van der Waals surface area contributed by atoms with Gasteiger partial charge in [-0.25, -0.2) is 0 Å². The number of nitrogens with zero attached hydrogens (tertiary/aromatic N) is 1. The molecule has 7 heteroatoms. The number of carbonyl (C=O) groups is 1. The lowest BCUT2D eigenvalue weighted by atomic mass is 9.86. The van der Waals surface area contributed by atoms with E-state index < -0.39 is 5.92 Å². The monoisotopic (exact) mass is 491 g/mol. The second-order valence-electron chi connectivity index (χ2n) is 7.65. The van der Waals surface area contributed by atoms with Crippen molar-refractivity contribution in [3.05, 3.63) is 109 Å². The lowest BCUT2D eigenvalue weighted by molar-refractivity contribution is -0.113. The zero-order chi connectivity index (χ0) is 23.4. The fourth-order valence-electron chi connectivity index (χ4n) is 3.71. The van der Waals surface area contributed by atoms with Gasteiger partial charge in [-0.2, -0.15) is 5.26 Å². The molecule has 4 nitrogen and oxygen atoms in total. The molecule has 0 radical (unpaired) electrons. The van der Waals surface area contributed by atoms with Crippen LogP contribution in [0, 0.1) is 18.3 Å². The van der Waals surface area contributed by atoms with E-state index in [2.05, 4.69) is 16.7 Å². The number of anilines is 1. The Morgan fingerprint density at radius 3 is 2.58 bits per heavy atom. The van der Waals surface area contributed by atoms with Gasteiger partial charge >= 0.3 is 0 Å². The van der Waals surface area contributed by atoms with E-state index in [1.165, 1.54) is 0 Å². The molecule has 0 unspecified atom stereocenters. The fraction of sp³-hybridized carbons (Fsp3) is 0.154. The van der Waals surface area contributed by atoms with Crippen LogP contribution in [0.5, 0.6) is 0 Å². The van der Waals surface area contributed by atoms with E-state index >= 15 is 0 Å². The van der Waals surface area contributed by atoms with Crippen molar-refractivity contribution >= 4 is 46.3 Å². The quantitative estimate of drug-likeness (QED) is 0.390. The number of thiophene rings is 1. The number of thioether (sulfide) groups is 1. The first-order valence-corrected chi connectivity index (χ1v) is 12.6. The van der Waals surface area contributed by atoms with Crippen LogP contribution in [-0.2, 0) is 10.5 Å². The van der Waals surface area contributed by atoms with Crippen LogP contribution in [0.15, 0.2) is 87.9 Å². The van der Waals surface area contributed by atoms with Crippen molar-refractivity contribution in [1.29, 1.82) is 5.26 Å². The van der Waals surface area contributed by atoms with Crippen molar-refractivity contribution < 1.29 is 4.79 Å². The number of dihydropyridines is 1. The average molecular weight is 492 g/mol. The van der Waals surface area contributed by atoms with Gasteiger partial charge in [-0.05, 0) is 54.6 Å². The average Bonchev–Trinajstić information content (AvgIpc) is 3.34. The Hall–Kier alpha value is -2.98. The minimum atomic E-state index is -0.423. The number of allylic oxidation sites excluding steroid dienone is 2. The summed E-state index contributed by atoms with van der Waals surface area (Å²) in [5.74, 6) is 0.0510. The van der Waals surface area contributed by atoms with Gasteiger partial charge in [-0.15, -0.1) is 23.1 Å². The highest BCUT2D eigenvalue weighted by Crippen LogP contribution is 2.43. The molecular formula is C26H22ClN3OS2. The van der Waals surface area contributed by atoms with Gasteiger partial charge in [0, 0.05) is 32.6 Å². The van der Waals surface area contributed by atoms with Crippen LogP contribution in [0.3, 0.4) is 0 Å². The van der Waals surface area contributed by atoms with Gasteiger partial charge in [0.25, 0.3) is 5.91 Å². The summed E-state index contributed by atoms with van der Waals surface area (Å²) in [6.07, 6.45) is 0. The van der Waals surface area contributed by atoms with Crippen LogP contribution >= 0.6 is 34.7 Å². The van der Waals surface area contributed by atoms with Gasteiger partial charge < -0.3 is 10.6 Å². The summed E-state index contributed by atoms with van der Waals surface area (Å²) in [4.78, 5) is 14.4. The molecule has 33 heavy (non-hydrogen) atoms. The van der Waals surface area contributed by atoms with Crippen molar-refractivity contribution in [3.8, 4) is 6.07 Å². The molecule has 0 saturated carbocycles. The molecule has 4 rings (SSSR count). The summed E-state index contributed by atoms with van der Waals surface area (Å²) in [5, 5.41) is 20.0. The number of nitrogens with one attached hydrogen (secondary N) is 2. The van der Waals surface area contributed by atoms with E-state index in [-0.39, 0.29) is 5.91 Å². The Balaban J connectivity index is 1.67. The van der Waals surface area contributed by atoms with Crippen LogP contribution in [0.4, 0.5) is 5.69 Å². The third-order valence-electron chi connectivity index (χ3n) is 5.41. The molecule has 2 aromatic carbocycles. The van der Waals surface area contributed by atoms with Gasteiger partial charge in [0.2, 0.25) is 0 Å². The van der Waals surface area contributed by atoms with Gasteiger partial charge in [-0.1, -0.05) is 48.0 Å². The molecule has 3 aromatic rings. The third kappa shape index (κ3) is 5.17. The van der Waals surface area contributed by atoms with Crippen molar-refractivity contribution in [2.24, 2.45) is 0 Å². The predicted molar refractivity (Wildman–Crippen MR) is 138 cm³/mol. The van der Waals surface area contributed by atoms with E-state index in [9.17, 15) is 10.1 Å². The minimum Gasteiger partial charge on any atom is -0.353 e. The maximum Gasteiger partial charge on any atom is 0.254 e. The molecule has 1 aliphatic rings. The van der Waals surface area contributed by atoms with Gasteiger partial charge in [-0.3, -0.25) is 4.79 Å². The smallest absolute Gasteiger partial charge is 0.254 e. The summed E-state index contributed by atoms with van der Waals surface area (Å²) in [6, 6.07) is 21.7. The number of nitriles is 1. The molecule has 1 atom stereocenters. The molecule has 2 heterocycles. The van der Waals surface area contributed by atoms with Crippen LogP contribution in [0.1, 0.15) is 28.8 Å². The normalized spacial score (nSPS) is 15.8. The summed E-state index contributed by atoms with van der Waals surface area (Å²) in [6.45, 7) is 3.85. The molecule has 0 fully saturated rings. The fourth-order valence-corrected chi connectivity index (χ4v) is 5.72. The summed E-state index contributed by atoms with van der Waals surface area (Å²) in [7, 11) is 0. The number of benzene rings is 2. The zero-order valence-corrected chi connectivity index (χ0v) is 20.6. The van der Waals surface area contributed by atoms with Crippen molar-refractivity contribution in [2.45, 2.75) is 25.5 Å². The number of hydrogen-bond acceptors (Lipinski definition) is 5. The van der Waals surface area contributed by atoms with Crippen LogP contribution < -0.4 is 10.6 Å². The number of hydrogen-bond donors (Lipinski definition) is 2. The van der Waals surface area contributed by atoms with Gasteiger partial charge in [0.1, 0.15) is 0 Å². The van der Waals surface area contributed by atoms with Crippen molar-refractivity contribution in [3.63, 3.8) is 0 Å². The van der Waals surface area contributed by atoms with E-state index in [0.717, 1.165) is 32.4 Å². The first-order valence-electron chi connectivity index (χ1n) is 10.4. The number of carbonyl (C=O) groups excluding carboxylic acids is 1. The van der Waals surface area contributed by atoms with Crippen molar-refractivity contribution in [1.82, 2.24) is 5.32 Å². The topological polar surface area (TPSA) is 64.9 Å². The molecular weight excluding hydrogens is 470 g/mol. The second-order valence-corrected chi connectivity index (χ2v) is 10.1. The predicted octanol–water partition coefficient (Wildman–Crippen LogP) is 6.98. The molecule has 1 amide bonds. The summed E-state index contributed by atoms with van der Waals surface area (Å²) < 4.78 is 0. The largest absolute Gasteiger partial charge is 0.353 e. The summed E-state index contributed by atoms with van der Waals surface area (Å²) in [5.41, 5.74) is 4.71. The molecule has 0 bridgehead atoms. The maximum absolute atomic E-state index is 13.5. The first-order chi connectivity index (χ1) is 16.0. The third-order valence-corrected chi connectivity index (χ3v) is 7.69. The van der Waals surface area contributed by atoms with E-state index in [1.807, 2.05) is 79.9 Å². The zero-order valence-electron chi connectivity index (χ0n) is 18.2. The highest BCUT2D eigenvalue weighted by molar-refractivity contribution is 8.02. The number of aryl methyl sites for hydroxylation is 1. The Morgan fingerprint density at radius 2 is 1.91 bits per heavy atom. The van der Waals surface area contributed by atoms with Gasteiger partial charge in [0.15, 0.2) is 0 Å². The standard InChI is InChI=1S/C26H22ClN3OS2/c1-16-6-3-4-7-21(16)30-25(31)23-17(2)29-26(33-15-18-9-11-19(27)12-10-18)20(14-28)24(23)22-8-5-13-32-22/h3-13,24,29H,15H2,1-2H3,(H,30,31)/t24-/m0/s1. The summed E-state index contributed by atoms with van der Waals surface area (Å²) >= 11 is 9.10.